The van der Waals surface area contributed by atoms with E-state index < -0.39 is 12.6 Å². The van der Waals surface area contributed by atoms with E-state index in [9.17, 15) is 13.2 Å². The van der Waals surface area contributed by atoms with Crippen molar-refractivity contribution in [1.82, 2.24) is 15.3 Å². The van der Waals surface area contributed by atoms with Gasteiger partial charge in [0, 0.05) is 25.2 Å². The van der Waals surface area contributed by atoms with Crippen LogP contribution in [0.4, 0.5) is 13.2 Å². The largest absolute Gasteiger partial charge is 0.389 e. The van der Waals surface area contributed by atoms with Gasteiger partial charge in [-0.2, -0.15) is 13.2 Å². The van der Waals surface area contributed by atoms with E-state index in [1.807, 2.05) is 6.92 Å². The van der Waals surface area contributed by atoms with Crippen molar-refractivity contribution in [2.45, 2.75) is 51.9 Å². The van der Waals surface area contributed by atoms with E-state index in [0.717, 1.165) is 5.69 Å². The van der Waals surface area contributed by atoms with E-state index in [4.69, 9.17) is 0 Å². The molecular formula is C12H18F3N3. The van der Waals surface area contributed by atoms with E-state index >= 15 is 0 Å². The molecule has 1 rings (SSSR count). The number of nitrogens with zero attached hydrogens (tertiary/aromatic N) is 2. The minimum Gasteiger partial charge on any atom is -0.309 e. The van der Waals surface area contributed by atoms with Crippen molar-refractivity contribution in [2.75, 3.05) is 0 Å². The lowest BCUT2D eigenvalue weighted by Gasteiger charge is -2.14. The van der Waals surface area contributed by atoms with Crippen LogP contribution < -0.4 is 5.32 Å². The third kappa shape index (κ3) is 6.54. The lowest BCUT2D eigenvalue weighted by molar-refractivity contribution is -0.135. The van der Waals surface area contributed by atoms with Gasteiger partial charge in [-0.1, -0.05) is 0 Å². The summed E-state index contributed by atoms with van der Waals surface area (Å²) in [5.41, 5.74) is 0.852. The van der Waals surface area contributed by atoms with Gasteiger partial charge in [0.1, 0.15) is 5.82 Å². The van der Waals surface area contributed by atoms with Crippen LogP contribution in [0.3, 0.4) is 0 Å². The summed E-state index contributed by atoms with van der Waals surface area (Å²) in [5, 5.41) is 3.15. The standard InChI is InChI=1S/C12H18F3N3/c1-9(4-3-6-12(13,14)15)17-8-11-5-7-16-10(2)18-11/h5,7,9,17H,3-4,6,8H2,1-2H3. The van der Waals surface area contributed by atoms with Crippen molar-refractivity contribution >= 4 is 0 Å². The number of halogens is 3. The monoisotopic (exact) mass is 261 g/mol. The molecule has 3 nitrogen and oxygen atoms in total. The summed E-state index contributed by atoms with van der Waals surface area (Å²) in [4.78, 5) is 8.19. The highest BCUT2D eigenvalue weighted by Gasteiger charge is 2.26. The maximum absolute atomic E-state index is 12.0. The van der Waals surface area contributed by atoms with Crippen LogP contribution >= 0.6 is 0 Å². The number of aryl methyl sites for hydroxylation is 1. The van der Waals surface area contributed by atoms with Crippen molar-refractivity contribution in [1.29, 1.82) is 0 Å². The molecule has 1 aromatic heterocycles. The molecule has 0 saturated heterocycles. The minimum atomic E-state index is -4.05. The molecule has 0 aromatic carbocycles. The van der Waals surface area contributed by atoms with Gasteiger partial charge in [0.2, 0.25) is 0 Å². The smallest absolute Gasteiger partial charge is 0.309 e. The highest BCUT2D eigenvalue weighted by Crippen LogP contribution is 2.22. The second-order valence-electron chi connectivity index (χ2n) is 4.38. The number of hydrogen-bond acceptors (Lipinski definition) is 3. The second kappa shape index (κ2) is 6.68. The molecule has 1 aromatic rings. The van der Waals surface area contributed by atoms with Gasteiger partial charge in [0.25, 0.3) is 0 Å². The molecule has 0 aliphatic heterocycles. The Morgan fingerprint density at radius 3 is 2.72 bits per heavy atom. The predicted molar refractivity (Wildman–Crippen MR) is 63.0 cm³/mol. The SMILES string of the molecule is Cc1nccc(CNC(C)CCCC(F)(F)F)n1. The number of hydrogen-bond donors (Lipinski definition) is 1. The zero-order chi connectivity index (χ0) is 13.6. The van der Waals surface area contributed by atoms with Crippen LogP contribution in [0.5, 0.6) is 0 Å². The normalized spacial score (nSPS) is 13.6. The number of rotatable bonds is 6. The summed E-state index contributed by atoms with van der Waals surface area (Å²) in [6.45, 7) is 4.23. The first kappa shape index (κ1) is 14.9. The van der Waals surface area contributed by atoms with Crippen molar-refractivity contribution in [3.8, 4) is 0 Å². The Kier molecular flexibility index (Phi) is 5.53. The van der Waals surface area contributed by atoms with Crippen molar-refractivity contribution in [2.24, 2.45) is 0 Å². The average Bonchev–Trinajstić information content (AvgIpc) is 2.25. The Morgan fingerprint density at radius 2 is 2.11 bits per heavy atom. The Balaban J connectivity index is 2.23. The fourth-order valence-electron chi connectivity index (χ4n) is 1.59. The summed E-state index contributed by atoms with van der Waals surface area (Å²) >= 11 is 0. The summed E-state index contributed by atoms with van der Waals surface area (Å²) in [6, 6.07) is 1.84. The Hall–Kier alpha value is -1.17. The molecule has 18 heavy (non-hydrogen) atoms. The van der Waals surface area contributed by atoms with Gasteiger partial charge in [-0.05, 0) is 32.8 Å². The highest BCUT2D eigenvalue weighted by atomic mass is 19.4. The molecular weight excluding hydrogens is 243 g/mol. The van der Waals surface area contributed by atoms with Gasteiger partial charge >= 0.3 is 6.18 Å². The molecule has 1 unspecified atom stereocenters. The van der Waals surface area contributed by atoms with Crippen molar-refractivity contribution in [3.63, 3.8) is 0 Å². The summed E-state index contributed by atoms with van der Waals surface area (Å²) < 4.78 is 35.9. The lowest BCUT2D eigenvalue weighted by atomic mass is 10.1. The molecule has 102 valence electrons. The van der Waals surface area contributed by atoms with Gasteiger partial charge in [-0.3, -0.25) is 0 Å². The minimum absolute atomic E-state index is 0.0441. The molecule has 0 bridgehead atoms. The third-order valence-electron chi connectivity index (χ3n) is 2.56. The van der Waals surface area contributed by atoms with Crippen LogP contribution in [0.2, 0.25) is 0 Å². The van der Waals surface area contributed by atoms with Crippen molar-refractivity contribution < 1.29 is 13.2 Å². The first-order valence-electron chi connectivity index (χ1n) is 5.95. The van der Waals surface area contributed by atoms with E-state index in [-0.39, 0.29) is 12.5 Å². The van der Waals surface area contributed by atoms with Gasteiger partial charge in [0.15, 0.2) is 0 Å². The molecule has 1 N–H and O–H groups in total. The Labute approximate surface area is 105 Å². The molecule has 0 amide bonds. The first-order valence-corrected chi connectivity index (χ1v) is 5.95. The van der Waals surface area contributed by atoms with Crippen molar-refractivity contribution in [3.05, 3.63) is 23.8 Å². The topological polar surface area (TPSA) is 37.8 Å². The Bertz CT molecular complexity index is 366. The number of aromatic nitrogens is 2. The zero-order valence-electron chi connectivity index (χ0n) is 10.6. The lowest BCUT2D eigenvalue weighted by Crippen LogP contribution is -2.26. The van der Waals surface area contributed by atoms with Crippen LogP contribution in [0.25, 0.3) is 0 Å². The van der Waals surface area contributed by atoms with Crippen LogP contribution in [0, 0.1) is 6.92 Å². The number of nitrogens with one attached hydrogen (secondary N) is 1. The molecule has 0 aliphatic rings. The third-order valence-corrected chi connectivity index (χ3v) is 2.56. The molecule has 6 heteroatoms. The van der Waals surface area contributed by atoms with Crippen LogP contribution in [0.1, 0.15) is 37.7 Å². The number of alkyl halides is 3. The van der Waals surface area contributed by atoms with E-state index in [1.54, 1.807) is 19.2 Å². The molecule has 0 saturated carbocycles. The van der Waals surface area contributed by atoms with E-state index in [2.05, 4.69) is 15.3 Å². The maximum atomic E-state index is 12.0. The summed E-state index contributed by atoms with van der Waals surface area (Å²) in [6.07, 6.45) is -2.44. The van der Waals surface area contributed by atoms with Gasteiger partial charge in [-0.15, -0.1) is 0 Å². The van der Waals surface area contributed by atoms with Crippen LogP contribution in [-0.2, 0) is 6.54 Å². The molecule has 0 radical (unpaired) electrons. The van der Waals surface area contributed by atoms with Crippen LogP contribution in [0.15, 0.2) is 12.3 Å². The van der Waals surface area contributed by atoms with Gasteiger partial charge in [0.05, 0.1) is 5.69 Å². The maximum Gasteiger partial charge on any atom is 0.389 e. The summed E-state index contributed by atoms with van der Waals surface area (Å²) in [7, 11) is 0. The molecule has 0 aliphatic carbocycles. The van der Waals surface area contributed by atoms with E-state index in [1.165, 1.54) is 0 Å². The van der Waals surface area contributed by atoms with Gasteiger partial charge in [-0.25, -0.2) is 9.97 Å². The molecule has 0 spiro atoms. The molecule has 0 fully saturated rings. The predicted octanol–water partition coefficient (Wildman–Crippen LogP) is 3.00. The zero-order valence-corrected chi connectivity index (χ0v) is 10.6. The Morgan fingerprint density at radius 1 is 1.39 bits per heavy atom. The first-order chi connectivity index (χ1) is 8.37. The molecule has 1 atom stereocenters. The quantitative estimate of drug-likeness (QED) is 0.855. The second-order valence-corrected chi connectivity index (χ2v) is 4.38. The highest BCUT2D eigenvalue weighted by molar-refractivity contribution is 5.01. The fourth-order valence-corrected chi connectivity index (χ4v) is 1.59. The average molecular weight is 261 g/mol. The summed E-state index contributed by atoms with van der Waals surface area (Å²) in [5.74, 6) is 0.694. The van der Waals surface area contributed by atoms with Gasteiger partial charge < -0.3 is 5.32 Å². The van der Waals surface area contributed by atoms with E-state index in [0.29, 0.717) is 18.8 Å². The van der Waals surface area contributed by atoms with Crippen LogP contribution in [-0.4, -0.2) is 22.2 Å². The molecule has 1 heterocycles. The fraction of sp³-hybridized carbons (Fsp3) is 0.667.